The van der Waals surface area contributed by atoms with Crippen LogP contribution in [0.4, 0.5) is 11.4 Å². The summed E-state index contributed by atoms with van der Waals surface area (Å²) in [5, 5.41) is 19.7. The van der Waals surface area contributed by atoms with Crippen molar-refractivity contribution in [3.8, 4) is 23.1 Å². The zero-order chi connectivity index (χ0) is 36.1. The lowest BCUT2D eigenvalue weighted by Gasteiger charge is -2.17. The summed E-state index contributed by atoms with van der Waals surface area (Å²) in [6.07, 6.45) is 0. The molecule has 0 amide bonds. The Kier molecular flexibility index (Phi) is 6.14. The van der Waals surface area contributed by atoms with E-state index in [0.29, 0.717) is 28.3 Å². The van der Waals surface area contributed by atoms with Crippen LogP contribution in [-0.4, -0.2) is 13.7 Å². The Hall–Kier alpha value is -7.80. The molecule has 54 heavy (non-hydrogen) atoms. The lowest BCUT2D eigenvalue weighted by atomic mass is 10.0. The molecule has 3 aromatic heterocycles. The maximum Gasteiger partial charge on any atom is 0.212 e. The molecule has 11 aromatic rings. The highest BCUT2D eigenvalue weighted by Crippen LogP contribution is 2.45. The van der Waals surface area contributed by atoms with Crippen LogP contribution in [0.3, 0.4) is 0 Å². The molecule has 0 bridgehead atoms. The van der Waals surface area contributed by atoms with Gasteiger partial charge in [-0.25, -0.2) is 4.85 Å². The van der Waals surface area contributed by atoms with Crippen LogP contribution in [0, 0.1) is 17.9 Å². The van der Waals surface area contributed by atoms with Gasteiger partial charge in [0.25, 0.3) is 0 Å². The zero-order valence-electron chi connectivity index (χ0n) is 28.8. The topological polar surface area (TPSA) is 69.0 Å². The Morgan fingerprint density at radius 3 is 1.83 bits per heavy atom. The lowest BCUT2D eigenvalue weighted by Crippen LogP contribution is -2.03. The fourth-order valence-corrected chi connectivity index (χ4v) is 8.77. The second-order valence-electron chi connectivity index (χ2n) is 13.8. The van der Waals surface area contributed by atoms with E-state index in [-0.39, 0.29) is 0 Å². The average Bonchev–Trinajstić information content (AvgIpc) is 3.86. The second-order valence-corrected chi connectivity index (χ2v) is 13.8. The third-order valence-electron chi connectivity index (χ3n) is 11.0. The van der Waals surface area contributed by atoms with Gasteiger partial charge in [-0.2, -0.15) is 5.26 Å². The first kappa shape index (κ1) is 29.9. The summed E-state index contributed by atoms with van der Waals surface area (Å²) in [4.78, 5) is 4.16. The van der Waals surface area contributed by atoms with E-state index in [9.17, 15) is 5.26 Å². The van der Waals surface area contributed by atoms with Gasteiger partial charge in [0.1, 0.15) is 6.07 Å². The molecule has 0 saturated carbocycles. The SMILES string of the molecule is [C-]#[N+]c1cc(-n2c3ccccc3c3ccc4c5ccccc5n(-c5ccccc5)c4c32)c(C#N)cc1-n1c2ccc(N)cc2c2c3ccccc3ccc21. The van der Waals surface area contributed by atoms with Crippen LogP contribution in [0.1, 0.15) is 5.56 Å². The molecule has 250 valence electrons. The van der Waals surface area contributed by atoms with E-state index in [1.54, 1.807) is 0 Å². The highest BCUT2D eigenvalue weighted by molar-refractivity contribution is 6.24. The fraction of sp³-hybridized carbons (Fsp3) is 0. The monoisotopic (exact) mass is 688 g/mol. The van der Waals surface area contributed by atoms with Crippen LogP contribution in [0.25, 0.3) is 98.1 Å². The van der Waals surface area contributed by atoms with Gasteiger partial charge in [-0.1, -0.05) is 97.1 Å². The van der Waals surface area contributed by atoms with Gasteiger partial charge in [-0.3, -0.25) is 0 Å². The molecular formula is C48H28N6. The first-order chi connectivity index (χ1) is 26.6. The number of nitriles is 1. The molecule has 0 saturated heterocycles. The molecule has 2 N–H and O–H groups in total. The maximum absolute atomic E-state index is 11.0. The zero-order valence-corrected chi connectivity index (χ0v) is 28.8. The molecule has 0 unspecified atom stereocenters. The molecule has 3 heterocycles. The molecule has 0 fully saturated rings. The molecule has 0 radical (unpaired) electrons. The summed E-state index contributed by atoms with van der Waals surface area (Å²) in [5.41, 5.74) is 16.2. The van der Waals surface area contributed by atoms with Crippen LogP contribution < -0.4 is 5.73 Å². The van der Waals surface area contributed by atoms with Gasteiger partial charge in [0.05, 0.1) is 56.6 Å². The van der Waals surface area contributed by atoms with Gasteiger partial charge >= 0.3 is 0 Å². The van der Waals surface area contributed by atoms with E-state index in [4.69, 9.17) is 12.3 Å². The first-order valence-corrected chi connectivity index (χ1v) is 17.8. The van der Waals surface area contributed by atoms with Gasteiger partial charge in [0.2, 0.25) is 5.69 Å². The number of rotatable bonds is 3. The maximum atomic E-state index is 11.0. The Bertz CT molecular complexity index is 3470. The van der Waals surface area contributed by atoms with E-state index in [2.05, 4.69) is 128 Å². The molecule has 0 aliphatic carbocycles. The van der Waals surface area contributed by atoms with Crippen LogP contribution in [-0.2, 0) is 0 Å². The molecule has 0 aliphatic heterocycles. The Balaban J connectivity index is 1.28. The molecular weight excluding hydrogens is 661 g/mol. The van der Waals surface area contributed by atoms with Crippen molar-refractivity contribution in [2.45, 2.75) is 0 Å². The van der Waals surface area contributed by atoms with Crippen molar-refractivity contribution in [1.82, 2.24) is 13.7 Å². The van der Waals surface area contributed by atoms with E-state index in [1.165, 1.54) is 0 Å². The van der Waals surface area contributed by atoms with E-state index in [0.717, 1.165) is 81.9 Å². The van der Waals surface area contributed by atoms with Crippen molar-refractivity contribution in [3.63, 3.8) is 0 Å². The number of fused-ring (bicyclic) bond motifs is 12. The number of para-hydroxylation sites is 3. The smallest absolute Gasteiger partial charge is 0.212 e. The number of aromatic nitrogens is 3. The lowest BCUT2D eigenvalue weighted by molar-refractivity contribution is 1.13. The summed E-state index contributed by atoms with van der Waals surface area (Å²) >= 11 is 0. The molecule has 0 atom stereocenters. The molecule has 11 rings (SSSR count). The van der Waals surface area contributed by atoms with Crippen LogP contribution in [0.15, 0.2) is 158 Å². The molecule has 0 aliphatic rings. The molecule has 0 spiro atoms. The quantitative estimate of drug-likeness (QED) is 0.148. The minimum atomic E-state index is 0.439. The average molecular weight is 689 g/mol. The summed E-state index contributed by atoms with van der Waals surface area (Å²) in [5.74, 6) is 0. The van der Waals surface area contributed by atoms with Crippen molar-refractivity contribution < 1.29 is 0 Å². The van der Waals surface area contributed by atoms with Crippen molar-refractivity contribution >= 4 is 87.6 Å². The van der Waals surface area contributed by atoms with Gasteiger partial charge in [0.15, 0.2) is 0 Å². The molecule has 8 aromatic carbocycles. The van der Waals surface area contributed by atoms with Crippen LogP contribution in [0.5, 0.6) is 0 Å². The highest BCUT2D eigenvalue weighted by atomic mass is 15.1. The first-order valence-electron chi connectivity index (χ1n) is 17.8. The minimum Gasteiger partial charge on any atom is -0.399 e. The number of hydrogen-bond acceptors (Lipinski definition) is 2. The Labute approximate surface area is 309 Å². The fourth-order valence-electron chi connectivity index (χ4n) is 8.77. The predicted octanol–water partition coefficient (Wildman–Crippen LogP) is 12.1. The number of nitrogens with zero attached hydrogens (tertiary/aromatic N) is 5. The van der Waals surface area contributed by atoms with Crippen molar-refractivity contribution in [3.05, 3.63) is 175 Å². The van der Waals surface area contributed by atoms with E-state index in [1.807, 2.05) is 54.6 Å². The second kappa shape index (κ2) is 11.1. The number of anilines is 1. The molecule has 6 heteroatoms. The largest absolute Gasteiger partial charge is 0.399 e. The Morgan fingerprint density at radius 2 is 1.11 bits per heavy atom. The van der Waals surface area contributed by atoms with Crippen molar-refractivity contribution in [2.24, 2.45) is 0 Å². The minimum absolute atomic E-state index is 0.439. The third-order valence-corrected chi connectivity index (χ3v) is 11.0. The number of nitrogens with two attached hydrogens (primary N) is 1. The molecule has 6 nitrogen and oxygen atoms in total. The summed E-state index contributed by atoms with van der Waals surface area (Å²) in [6, 6.07) is 56.5. The summed E-state index contributed by atoms with van der Waals surface area (Å²) < 4.78 is 6.64. The van der Waals surface area contributed by atoms with Crippen LogP contribution >= 0.6 is 0 Å². The van der Waals surface area contributed by atoms with Crippen molar-refractivity contribution in [2.75, 3.05) is 5.73 Å². The third kappa shape index (κ3) is 3.97. The van der Waals surface area contributed by atoms with E-state index < -0.39 is 0 Å². The summed E-state index contributed by atoms with van der Waals surface area (Å²) in [7, 11) is 0. The highest BCUT2D eigenvalue weighted by Gasteiger charge is 2.24. The van der Waals surface area contributed by atoms with Gasteiger partial charge in [-0.05, 0) is 71.4 Å². The summed E-state index contributed by atoms with van der Waals surface area (Å²) in [6.45, 7) is 8.59. The van der Waals surface area contributed by atoms with E-state index >= 15 is 0 Å². The van der Waals surface area contributed by atoms with Gasteiger partial charge in [-0.15, -0.1) is 0 Å². The normalized spacial score (nSPS) is 11.7. The van der Waals surface area contributed by atoms with Gasteiger partial charge < -0.3 is 19.4 Å². The number of hydrogen-bond donors (Lipinski definition) is 1. The number of benzene rings is 8. The van der Waals surface area contributed by atoms with Crippen LogP contribution in [0.2, 0.25) is 0 Å². The number of nitrogen functional groups attached to an aromatic ring is 1. The Morgan fingerprint density at radius 1 is 0.500 bits per heavy atom. The van der Waals surface area contributed by atoms with Gasteiger partial charge in [0, 0.05) is 43.7 Å². The predicted molar refractivity (Wildman–Crippen MR) is 222 cm³/mol. The standard InChI is InChI=1S/C48H28N6/c1-51-39-27-44(30(28-49)25-45(39)53-42-24-20-31(50)26-38(42)46-33-14-6-5-11-29(33)19-23-43(46)53)54-41-18-10-8-16-35(41)37-22-21-36-34-15-7-9-17-40(34)52(47(36)48(37)54)32-12-3-2-4-13-32/h2-27H,50H2. The van der Waals surface area contributed by atoms with Crippen molar-refractivity contribution in [1.29, 1.82) is 5.26 Å².